The molecule has 0 aliphatic rings. The highest BCUT2D eigenvalue weighted by atomic mass is 32.2. The molecule has 1 unspecified atom stereocenters. The number of allylic oxidation sites excluding steroid dienone is 1. The number of amides is 1. The van der Waals surface area contributed by atoms with Crippen LogP contribution in [-0.2, 0) is 9.59 Å². The maximum absolute atomic E-state index is 12.1. The molecule has 0 aliphatic carbocycles. The van der Waals surface area contributed by atoms with Gasteiger partial charge in [0.05, 0.1) is 11.4 Å². The van der Waals surface area contributed by atoms with Gasteiger partial charge in [-0.3, -0.25) is 9.59 Å². The van der Waals surface area contributed by atoms with E-state index in [0.29, 0.717) is 6.42 Å². The fourth-order valence-electron chi connectivity index (χ4n) is 3.43. The van der Waals surface area contributed by atoms with Gasteiger partial charge < -0.3 is 15.5 Å². The minimum Gasteiger partial charge on any atom is -0.480 e. The first kappa shape index (κ1) is 30.0. The smallest absolute Gasteiger partial charge is 0.322 e. The molecule has 6 heteroatoms. The van der Waals surface area contributed by atoms with E-state index in [0.717, 1.165) is 37.0 Å². The lowest BCUT2D eigenvalue weighted by Crippen LogP contribution is -2.35. The minimum atomic E-state index is -1.05. The van der Waals surface area contributed by atoms with Crippen LogP contribution in [0.2, 0.25) is 0 Å². The van der Waals surface area contributed by atoms with Crippen LogP contribution >= 0.6 is 11.8 Å². The summed E-state index contributed by atoms with van der Waals surface area (Å²) in [7, 11) is 0. The van der Waals surface area contributed by atoms with Crippen molar-refractivity contribution in [2.45, 2.75) is 128 Å². The number of carboxylic acid groups (broad SMARTS) is 1. The summed E-state index contributed by atoms with van der Waals surface area (Å²) in [6.45, 7) is 5.77. The Bertz CT molecular complexity index is 496. The second kappa shape index (κ2) is 20.9. The average Bonchev–Trinajstić information content (AvgIpc) is 2.74. The second-order valence-corrected chi connectivity index (χ2v) is 9.87. The highest BCUT2D eigenvalue weighted by Gasteiger charge is 2.20. The van der Waals surface area contributed by atoms with Crippen LogP contribution in [0.1, 0.15) is 117 Å². The van der Waals surface area contributed by atoms with Crippen LogP contribution in [0, 0.1) is 0 Å². The van der Waals surface area contributed by atoms with Crippen LogP contribution in [0.5, 0.6) is 0 Å². The third-order valence-electron chi connectivity index (χ3n) is 5.41. The zero-order valence-corrected chi connectivity index (χ0v) is 21.0. The monoisotopic (exact) mass is 457 g/mol. The lowest BCUT2D eigenvalue weighted by Gasteiger charge is -2.18. The first-order chi connectivity index (χ1) is 14.9. The number of hydrogen-bond donors (Lipinski definition) is 3. The molecule has 0 rings (SSSR count). The third-order valence-corrected chi connectivity index (χ3v) is 6.69. The first-order valence-electron chi connectivity index (χ1n) is 12.5. The zero-order chi connectivity index (χ0) is 23.3. The normalized spacial score (nSPS) is 13.7. The highest BCUT2D eigenvalue weighted by Crippen LogP contribution is 2.28. The van der Waals surface area contributed by atoms with E-state index >= 15 is 0 Å². The molecular weight excluding hydrogens is 410 g/mol. The second-order valence-electron chi connectivity index (χ2n) is 8.46. The Morgan fingerprint density at radius 2 is 1.39 bits per heavy atom. The van der Waals surface area contributed by atoms with Crippen molar-refractivity contribution in [2.75, 3.05) is 6.54 Å². The SMILES string of the molecule is CCCCCCCCCCCCC=C(SC(C)C(=O)NCC(=O)O)[C@H](O)CCCCC. The van der Waals surface area contributed by atoms with E-state index in [4.69, 9.17) is 5.11 Å². The van der Waals surface area contributed by atoms with Gasteiger partial charge in [-0.2, -0.15) is 0 Å². The van der Waals surface area contributed by atoms with Crippen LogP contribution in [0.3, 0.4) is 0 Å². The Hall–Kier alpha value is -1.01. The zero-order valence-electron chi connectivity index (χ0n) is 20.2. The molecule has 0 spiro atoms. The molecule has 0 aliphatic heterocycles. The fourth-order valence-corrected chi connectivity index (χ4v) is 4.52. The lowest BCUT2D eigenvalue weighted by atomic mass is 10.1. The molecule has 0 fully saturated rings. The summed E-state index contributed by atoms with van der Waals surface area (Å²) in [6.07, 6.45) is 19.3. The van der Waals surface area contributed by atoms with Crippen molar-refractivity contribution >= 4 is 23.6 Å². The number of aliphatic hydroxyl groups excluding tert-OH is 1. The molecule has 0 heterocycles. The Balaban J connectivity index is 4.38. The van der Waals surface area contributed by atoms with Gasteiger partial charge in [0.2, 0.25) is 5.91 Å². The van der Waals surface area contributed by atoms with E-state index in [2.05, 4.69) is 25.2 Å². The van der Waals surface area contributed by atoms with Gasteiger partial charge in [0.15, 0.2) is 0 Å². The van der Waals surface area contributed by atoms with Crippen molar-refractivity contribution in [3.05, 3.63) is 11.0 Å². The van der Waals surface area contributed by atoms with Crippen LogP contribution in [0.4, 0.5) is 0 Å². The van der Waals surface area contributed by atoms with E-state index in [-0.39, 0.29) is 12.5 Å². The van der Waals surface area contributed by atoms with E-state index in [1.807, 2.05) is 0 Å². The van der Waals surface area contributed by atoms with E-state index < -0.39 is 17.3 Å². The van der Waals surface area contributed by atoms with Crippen molar-refractivity contribution in [3.63, 3.8) is 0 Å². The minimum absolute atomic E-state index is 0.307. The molecular formula is C25H47NO4S. The van der Waals surface area contributed by atoms with Crippen molar-refractivity contribution in [2.24, 2.45) is 0 Å². The molecule has 0 aromatic heterocycles. The van der Waals surface area contributed by atoms with Gasteiger partial charge in [-0.05, 0) is 26.2 Å². The van der Waals surface area contributed by atoms with Crippen LogP contribution in [-0.4, -0.2) is 40.0 Å². The molecule has 0 bridgehead atoms. The molecule has 0 radical (unpaired) electrons. The van der Waals surface area contributed by atoms with Crippen LogP contribution < -0.4 is 5.32 Å². The van der Waals surface area contributed by atoms with Crippen molar-refractivity contribution in [1.29, 1.82) is 0 Å². The van der Waals surface area contributed by atoms with Gasteiger partial charge >= 0.3 is 5.97 Å². The number of hydrogen-bond acceptors (Lipinski definition) is 4. The third kappa shape index (κ3) is 18.3. The van der Waals surface area contributed by atoms with Gasteiger partial charge in [-0.25, -0.2) is 0 Å². The Morgan fingerprint density at radius 1 is 0.871 bits per heavy atom. The van der Waals surface area contributed by atoms with Crippen molar-refractivity contribution in [3.8, 4) is 0 Å². The summed E-state index contributed by atoms with van der Waals surface area (Å²) in [5.41, 5.74) is 0. The number of aliphatic carboxylic acids is 1. The number of carbonyl (C=O) groups excluding carboxylic acids is 1. The topological polar surface area (TPSA) is 86.6 Å². The predicted molar refractivity (Wildman–Crippen MR) is 132 cm³/mol. The molecule has 0 saturated heterocycles. The summed E-state index contributed by atoms with van der Waals surface area (Å²) in [5.74, 6) is -1.36. The van der Waals surface area contributed by atoms with Gasteiger partial charge in [-0.1, -0.05) is 97.0 Å². The summed E-state index contributed by atoms with van der Waals surface area (Å²) in [5, 5.41) is 21.4. The van der Waals surface area contributed by atoms with Crippen LogP contribution in [0.25, 0.3) is 0 Å². The van der Waals surface area contributed by atoms with Crippen molar-refractivity contribution in [1.82, 2.24) is 5.32 Å². The number of carbonyl (C=O) groups is 2. The van der Waals surface area contributed by atoms with E-state index in [1.165, 1.54) is 69.5 Å². The molecule has 5 nitrogen and oxygen atoms in total. The summed E-state index contributed by atoms with van der Waals surface area (Å²) in [4.78, 5) is 23.6. The summed E-state index contributed by atoms with van der Waals surface area (Å²) < 4.78 is 0. The molecule has 0 aromatic carbocycles. The molecule has 1 amide bonds. The molecule has 31 heavy (non-hydrogen) atoms. The number of aliphatic hydroxyl groups is 1. The Kier molecular flexibility index (Phi) is 20.2. The van der Waals surface area contributed by atoms with E-state index in [1.54, 1.807) is 6.92 Å². The quantitative estimate of drug-likeness (QED) is 0.173. The first-order valence-corrected chi connectivity index (χ1v) is 13.3. The largest absolute Gasteiger partial charge is 0.480 e. The van der Waals surface area contributed by atoms with Gasteiger partial charge in [0, 0.05) is 4.91 Å². The van der Waals surface area contributed by atoms with Gasteiger partial charge in [0.25, 0.3) is 0 Å². The highest BCUT2D eigenvalue weighted by molar-refractivity contribution is 8.04. The number of rotatable bonds is 21. The molecule has 3 N–H and O–H groups in total. The lowest BCUT2D eigenvalue weighted by molar-refractivity contribution is -0.137. The number of unbranched alkanes of at least 4 members (excludes halogenated alkanes) is 12. The predicted octanol–water partition coefficient (Wildman–Crippen LogP) is 6.45. The maximum Gasteiger partial charge on any atom is 0.322 e. The molecule has 0 aromatic rings. The standard InChI is InChI=1S/C25H47NO4S/c1-4-6-8-9-10-11-12-13-14-15-17-19-23(22(27)18-16-7-5-2)31-21(3)25(30)26-20-24(28)29/h19,21-22,27H,4-18,20H2,1-3H3,(H,26,30)(H,28,29)/t21?,22-/m1/s1. The van der Waals surface area contributed by atoms with Crippen molar-refractivity contribution < 1.29 is 19.8 Å². The Morgan fingerprint density at radius 3 is 1.94 bits per heavy atom. The maximum atomic E-state index is 12.1. The number of carboxylic acids is 1. The average molecular weight is 458 g/mol. The fraction of sp³-hybridized carbons (Fsp3) is 0.840. The molecule has 2 atom stereocenters. The Labute approximate surface area is 194 Å². The number of thioether (sulfide) groups is 1. The van der Waals surface area contributed by atoms with Crippen LogP contribution in [0.15, 0.2) is 11.0 Å². The van der Waals surface area contributed by atoms with Gasteiger partial charge in [-0.15, -0.1) is 11.8 Å². The summed E-state index contributed by atoms with van der Waals surface area (Å²) >= 11 is 1.36. The van der Waals surface area contributed by atoms with Gasteiger partial charge in [0.1, 0.15) is 6.54 Å². The summed E-state index contributed by atoms with van der Waals surface area (Å²) in [6, 6.07) is 0. The molecule has 182 valence electrons. The van der Waals surface area contributed by atoms with E-state index in [9.17, 15) is 14.7 Å². The number of nitrogens with one attached hydrogen (secondary N) is 1. The molecule has 0 saturated carbocycles.